The van der Waals surface area contributed by atoms with Crippen LogP contribution in [0.15, 0.2) is 10.7 Å². The van der Waals surface area contributed by atoms with E-state index in [4.69, 9.17) is 0 Å². The zero-order valence-electron chi connectivity index (χ0n) is 6.26. The highest BCUT2D eigenvalue weighted by molar-refractivity contribution is 9.10. The maximum Gasteiger partial charge on any atom is 0.0635 e. The molecule has 0 N–H and O–H groups in total. The lowest BCUT2D eigenvalue weighted by molar-refractivity contribution is 0.625. The summed E-state index contributed by atoms with van der Waals surface area (Å²) in [6.45, 7) is 5.18. The lowest BCUT2D eigenvalue weighted by Gasteiger charge is -2.00. The zero-order valence-corrected chi connectivity index (χ0v) is 7.85. The highest BCUT2D eigenvalue weighted by Gasteiger charge is 2.02. The van der Waals surface area contributed by atoms with Crippen LogP contribution in [0, 0.1) is 0 Å². The highest BCUT2D eigenvalue weighted by Crippen LogP contribution is 2.15. The Morgan fingerprint density at radius 2 is 2.30 bits per heavy atom. The van der Waals surface area contributed by atoms with Crippen molar-refractivity contribution in [1.82, 2.24) is 9.78 Å². The summed E-state index contributed by atoms with van der Waals surface area (Å²) in [4.78, 5) is 0. The van der Waals surface area contributed by atoms with Gasteiger partial charge in [0.1, 0.15) is 0 Å². The number of aromatic nitrogens is 2. The van der Waals surface area contributed by atoms with Crippen molar-refractivity contribution in [3.05, 3.63) is 16.4 Å². The Hall–Kier alpha value is -0.310. The van der Waals surface area contributed by atoms with Crippen molar-refractivity contribution < 1.29 is 0 Å². The molecule has 56 valence electrons. The fraction of sp³-hybridized carbons (Fsp3) is 0.571. The third kappa shape index (κ3) is 1.24. The monoisotopic (exact) mass is 202 g/mol. The van der Waals surface area contributed by atoms with E-state index in [0.29, 0.717) is 0 Å². The van der Waals surface area contributed by atoms with Crippen molar-refractivity contribution in [2.75, 3.05) is 0 Å². The molecule has 0 aliphatic carbocycles. The summed E-state index contributed by atoms with van der Waals surface area (Å²) in [5.74, 6) is 0. The Bertz CT molecular complexity index is 217. The van der Waals surface area contributed by atoms with Crippen LogP contribution in [0.2, 0.25) is 0 Å². The topological polar surface area (TPSA) is 17.8 Å². The van der Waals surface area contributed by atoms with Gasteiger partial charge >= 0.3 is 0 Å². The Labute approximate surface area is 69.4 Å². The average Bonchev–Trinajstić information content (AvgIpc) is 2.30. The van der Waals surface area contributed by atoms with Gasteiger partial charge in [-0.3, -0.25) is 4.68 Å². The molecule has 0 radical (unpaired) electrons. The SMILES string of the molecule is CCc1c(Br)cnn1CC. The van der Waals surface area contributed by atoms with Crippen LogP contribution in [0.3, 0.4) is 0 Å². The molecule has 0 aliphatic rings. The van der Waals surface area contributed by atoms with Crippen LogP contribution in [-0.4, -0.2) is 9.78 Å². The number of rotatable bonds is 2. The second-order valence-corrected chi connectivity index (χ2v) is 2.96. The minimum absolute atomic E-state index is 0.953. The van der Waals surface area contributed by atoms with Gasteiger partial charge in [0.25, 0.3) is 0 Å². The number of hydrogen-bond donors (Lipinski definition) is 0. The number of nitrogens with zero attached hydrogens (tertiary/aromatic N) is 2. The molecule has 3 heteroatoms. The maximum absolute atomic E-state index is 4.17. The molecule has 0 saturated heterocycles. The van der Waals surface area contributed by atoms with Crippen molar-refractivity contribution in [2.45, 2.75) is 26.8 Å². The van der Waals surface area contributed by atoms with Crippen LogP contribution in [0.4, 0.5) is 0 Å². The van der Waals surface area contributed by atoms with E-state index in [-0.39, 0.29) is 0 Å². The van der Waals surface area contributed by atoms with Crippen LogP contribution in [0.5, 0.6) is 0 Å². The molecule has 0 spiro atoms. The predicted octanol–water partition coefficient (Wildman–Crippen LogP) is 2.23. The van der Waals surface area contributed by atoms with Crippen LogP contribution >= 0.6 is 15.9 Å². The van der Waals surface area contributed by atoms with E-state index >= 15 is 0 Å². The number of hydrogen-bond acceptors (Lipinski definition) is 1. The number of aryl methyl sites for hydroxylation is 1. The lowest BCUT2D eigenvalue weighted by Crippen LogP contribution is -2.00. The summed E-state index contributed by atoms with van der Waals surface area (Å²) in [6, 6.07) is 0. The molecule has 1 aromatic rings. The molecule has 10 heavy (non-hydrogen) atoms. The standard InChI is InChI=1S/C7H11BrN2/c1-3-7-6(8)5-9-10(7)4-2/h5H,3-4H2,1-2H3. The van der Waals surface area contributed by atoms with Gasteiger partial charge in [0.15, 0.2) is 0 Å². The van der Waals surface area contributed by atoms with Gasteiger partial charge in [0.2, 0.25) is 0 Å². The van der Waals surface area contributed by atoms with Crippen LogP contribution in [0.25, 0.3) is 0 Å². The fourth-order valence-corrected chi connectivity index (χ4v) is 1.59. The largest absolute Gasteiger partial charge is 0.269 e. The fourth-order valence-electron chi connectivity index (χ4n) is 1.01. The third-order valence-corrected chi connectivity index (χ3v) is 2.19. The summed E-state index contributed by atoms with van der Waals surface area (Å²) in [7, 11) is 0. The minimum atomic E-state index is 0.953. The van der Waals surface area contributed by atoms with E-state index in [1.54, 1.807) is 0 Å². The highest BCUT2D eigenvalue weighted by atomic mass is 79.9. The maximum atomic E-state index is 4.17. The van der Waals surface area contributed by atoms with Crippen LogP contribution < -0.4 is 0 Å². The zero-order chi connectivity index (χ0) is 7.56. The Morgan fingerprint density at radius 3 is 2.70 bits per heavy atom. The van der Waals surface area contributed by atoms with Gasteiger partial charge in [0, 0.05) is 6.54 Å². The van der Waals surface area contributed by atoms with Crippen molar-refractivity contribution in [2.24, 2.45) is 0 Å². The first-order valence-corrected chi connectivity index (χ1v) is 4.29. The molecule has 0 amide bonds. The van der Waals surface area contributed by atoms with Gasteiger partial charge in [-0.2, -0.15) is 5.10 Å². The predicted molar refractivity (Wildman–Crippen MR) is 45.0 cm³/mol. The molecule has 1 aromatic heterocycles. The Balaban J connectivity index is 3.01. The average molecular weight is 203 g/mol. The summed E-state index contributed by atoms with van der Waals surface area (Å²) >= 11 is 3.43. The third-order valence-electron chi connectivity index (χ3n) is 1.53. The molecule has 0 atom stereocenters. The molecule has 0 bridgehead atoms. The second kappa shape index (κ2) is 3.19. The van der Waals surface area contributed by atoms with Crippen molar-refractivity contribution >= 4 is 15.9 Å². The summed E-state index contributed by atoms with van der Waals surface area (Å²) in [5, 5.41) is 4.17. The number of halogens is 1. The molecule has 1 heterocycles. The summed E-state index contributed by atoms with van der Waals surface area (Å²) in [5.41, 5.74) is 1.28. The molecule has 0 fully saturated rings. The van der Waals surface area contributed by atoms with Gasteiger partial charge in [-0.15, -0.1) is 0 Å². The first-order valence-electron chi connectivity index (χ1n) is 3.49. The van der Waals surface area contributed by atoms with Crippen LogP contribution in [-0.2, 0) is 13.0 Å². The summed E-state index contributed by atoms with van der Waals surface area (Å²) < 4.78 is 3.13. The van der Waals surface area contributed by atoms with E-state index in [1.165, 1.54) is 5.69 Å². The van der Waals surface area contributed by atoms with Gasteiger partial charge in [-0.1, -0.05) is 6.92 Å². The smallest absolute Gasteiger partial charge is 0.0635 e. The first kappa shape index (κ1) is 7.79. The van der Waals surface area contributed by atoms with Gasteiger partial charge in [-0.25, -0.2) is 0 Å². The van der Waals surface area contributed by atoms with E-state index < -0.39 is 0 Å². The molecule has 0 aromatic carbocycles. The molecular formula is C7H11BrN2. The van der Waals surface area contributed by atoms with E-state index in [9.17, 15) is 0 Å². The second-order valence-electron chi connectivity index (χ2n) is 2.11. The molecule has 0 saturated carbocycles. The molecule has 0 aliphatic heterocycles. The Morgan fingerprint density at radius 1 is 1.60 bits per heavy atom. The quantitative estimate of drug-likeness (QED) is 0.720. The molecule has 2 nitrogen and oxygen atoms in total. The van der Waals surface area contributed by atoms with Gasteiger partial charge in [0.05, 0.1) is 16.4 Å². The normalized spacial score (nSPS) is 10.3. The van der Waals surface area contributed by atoms with Gasteiger partial charge < -0.3 is 0 Å². The summed E-state index contributed by atoms with van der Waals surface area (Å²) in [6.07, 6.45) is 2.89. The van der Waals surface area contributed by atoms with Crippen LogP contribution in [0.1, 0.15) is 19.5 Å². The first-order chi connectivity index (χ1) is 4.79. The van der Waals surface area contributed by atoms with E-state index in [0.717, 1.165) is 17.4 Å². The van der Waals surface area contributed by atoms with Crippen molar-refractivity contribution in [1.29, 1.82) is 0 Å². The van der Waals surface area contributed by atoms with Crippen molar-refractivity contribution in [3.8, 4) is 0 Å². The van der Waals surface area contributed by atoms with Gasteiger partial charge in [-0.05, 0) is 29.3 Å². The molecular weight excluding hydrogens is 192 g/mol. The van der Waals surface area contributed by atoms with E-state index in [1.807, 2.05) is 10.9 Å². The molecule has 1 rings (SSSR count). The van der Waals surface area contributed by atoms with E-state index in [2.05, 4.69) is 34.9 Å². The lowest BCUT2D eigenvalue weighted by atomic mass is 10.3. The molecule has 0 unspecified atom stereocenters. The van der Waals surface area contributed by atoms with Crippen molar-refractivity contribution in [3.63, 3.8) is 0 Å². The minimum Gasteiger partial charge on any atom is -0.269 e. The Kier molecular flexibility index (Phi) is 2.49.